The van der Waals surface area contributed by atoms with Gasteiger partial charge in [0.05, 0.1) is 11.4 Å². The Morgan fingerprint density at radius 1 is 0.556 bits per heavy atom. The smallest absolute Gasteiger partial charge is 0.349 e. The van der Waals surface area contributed by atoms with Crippen LogP contribution in [0.5, 0.6) is 0 Å². The number of nitrogen functional groups attached to an aromatic ring is 2. The zero-order chi connectivity index (χ0) is 13.2. The average molecular weight is 248 g/mol. The van der Waals surface area contributed by atoms with Crippen molar-refractivity contribution in [1.82, 2.24) is 0 Å². The monoisotopic (exact) mass is 248 g/mol. The predicted molar refractivity (Wildman–Crippen MR) is 62.3 cm³/mol. The highest BCUT2D eigenvalue weighted by molar-refractivity contribution is 6.17. The Balaban J connectivity index is 2.94. The fourth-order valence-electron chi connectivity index (χ4n) is 2.01. The van der Waals surface area contributed by atoms with Gasteiger partial charge < -0.3 is 20.3 Å². The molecule has 0 unspecified atom stereocenters. The molecule has 2 aromatic heterocycles. The molecule has 8 nitrogen and oxygen atoms in total. The fourth-order valence-corrected chi connectivity index (χ4v) is 2.01. The molecule has 0 fully saturated rings. The fraction of sp³-hybridized carbons (Fsp3) is 0. The highest BCUT2D eigenvalue weighted by atomic mass is 16.4. The summed E-state index contributed by atoms with van der Waals surface area (Å²) < 4.78 is 8.68. The Bertz CT molecular complexity index is 857. The van der Waals surface area contributed by atoms with Crippen molar-refractivity contribution in [3.05, 3.63) is 41.7 Å². The molecule has 0 aliphatic heterocycles. The van der Waals surface area contributed by atoms with E-state index >= 15 is 0 Å². The first-order valence-electron chi connectivity index (χ1n) is 4.71. The molecule has 4 N–H and O–H groups in total. The molecule has 90 valence electrons. The summed E-state index contributed by atoms with van der Waals surface area (Å²) in [4.78, 5) is 45.7. The van der Waals surface area contributed by atoms with Gasteiger partial charge in [-0.05, 0) is 0 Å². The third-order valence-electron chi connectivity index (χ3n) is 2.76. The first-order valence-corrected chi connectivity index (χ1v) is 4.71. The molecule has 0 radical (unpaired) electrons. The molecule has 0 aliphatic rings. The molecule has 0 bridgehead atoms. The normalized spacial score (nSPS) is 11.6. The van der Waals surface area contributed by atoms with E-state index in [1.807, 2.05) is 0 Å². The zero-order valence-corrected chi connectivity index (χ0v) is 8.60. The van der Waals surface area contributed by atoms with Gasteiger partial charge in [-0.15, -0.1) is 0 Å². The molecule has 18 heavy (non-hydrogen) atoms. The summed E-state index contributed by atoms with van der Waals surface area (Å²) in [7, 11) is 0. The van der Waals surface area contributed by atoms with Gasteiger partial charge in [-0.1, -0.05) is 0 Å². The van der Waals surface area contributed by atoms with E-state index in [4.69, 9.17) is 11.5 Å². The molecular formula is C10H4N2O6. The lowest BCUT2D eigenvalue weighted by atomic mass is 10.1. The van der Waals surface area contributed by atoms with E-state index in [1.165, 1.54) is 0 Å². The second-order valence-corrected chi connectivity index (χ2v) is 3.68. The molecule has 2 heterocycles. The lowest BCUT2D eigenvalue weighted by Gasteiger charge is -1.98. The van der Waals surface area contributed by atoms with E-state index < -0.39 is 22.5 Å². The molecule has 1 aromatic carbocycles. The SMILES string of the molecule is Nc1c2c(=O)oc(=O)c2c(N)c2c(=O)oc(=O)c12. The third-order valence-corrected chi connectivity index (χ3v) is 2.76. The van der Waals surface area contributed by atoms with E-state index in [-0.39, 0.29) is 32.9 Å². The molecule has 0 spiro atoms. The Kier molecular flexibility index (Phi) is 1.63. The Morgan fingerprint density at radius 2 is 0.778 bits per heavy atom. The van der Waals surface area contributed by atoms with Crippen LogP contribution < -0.4 is 34.0 Å². The quantitative estimate of drug-likeness (QED) is 0.367. The first-order chi connectivity index (χ1) is 8.43. The van der Waals surface area contributed by atoms with Crippen LogP contribution in [-0.4, -0.2) is 0 Å². The number of furan rings is 2. The summed E-state index contributed by atoms with van der Waals surface area (Å²) >= 11 is 0. The third kappa shape index (κ3) is 0.943. The van der Waals surface area contributed by atoms with Gasteiger partial charge in [0.1, 0.15) is 21.5 Å². The van der Waals surface area contributed by atoms with Gasteiger partial charge in [-0.3, -0.25) is 0 Å². The number of rotatable bonds is 0. The van der Waals surface area contributed by atoms with E-state index in [0.29, 0.717) is 0 Å². The lowest BCUT2D eigenvalue weighted by molar-refractivity contribution is 0.499. The summed E-state index contributed by atoms with van der Waals surface area (Å²) in [6.07, 6.45) is 0. The van der Waals surface area contributed by atoms with Crippen molar-refractivity contribution < 1.29 is 8.83 Å². The van der Waals surface area contributed by atoms with Gasteiger partial charge in [0.2, 0.25) is 0 Å². The van der Waals surface area contributed by atoms with Crippen LogP contribution >= 0.6 is 0 Å². The van der Waals surface area contributed by atoms with Crippen LogP contribution in [0.2, 0.25) is 0 Å². The van der Waals surface area contributed by atoms with Crippen molar-refractivity contribution in [1.29, 1.82) is 0 Å². The van der Waals surface area contributed by atoms with Crippen molar-refractivity contribution in [3.8, 4) is 0 Å². The molecule has 0 atom stereocenters. The van der Waals surface area contributed by atoms with Gasteiger partial charge in [0, 0.05) is 0 Å². The van der Waals surface area contributed by atoms with Crippen molar-refractivity contribution in [2.45, 2.75) is 0 Å². The first kappa shape index (κ1) is 10.3. The number of nitrogens with two attached hydrogens (primary N) is 2. The van der Waals surface area contributed by atoms with Crippen molar-refractivity contribution in [2.75, 3.05) is 11.5 Å². The van der Waals surface area contributed by atoms with Gasteiger partial charge >= 0.3 is 22.5 Å². The Labute approximate surface area is 95.7 Å². The molecule has 0 aliphatic carbocycles. The van der Waals surface area contributed by atoms with E-state index in [1.54, 1.807) is 0 Å². The predicted octanol–water partition coefficient (Wildman–Crippen LogP) is -1.34. The van der Waals surface area contributed by atoms with Crippen molar-refractivity contribution in [3.63, 3.8) is 0 Å². The maximum Gasteiger partial charge on any atom is 0.349 e. The van der Waals surface area contributed by atoms with E-state index in [9.17, 15) is 19.2 Å². The average Bonchev–Trinajstić information content (AvgIpc) is 2.73. The van der Waals surface area contributed by atoms with Crippen LogP contribution in [0.15, 0.2) is 28.0 Å². The van der Waals surface area contributed by atoms with Crippen LogP contribution in [0, 0.1) is 0 Å². The molecule has 0 saturated carbocycles. The summed E-state index contributed by atoms with van der Waals surface area (Å²) in [6, 6.07) is 0. The number of fused-ring (bicyclic) bond motifs is 2. The number of hydrogen-bond donors (Lipinski definition) is 2. The largest absolute Gasteiger partial charge is 0.397 e. The minimum Gasteiger partial charge on any atom is -0.397 e. The minimum atomic E-state index is -1.01. The van der Waals surface area contributed by atoms with Crippen molar-refractivity contribution >= 4 is 32.9 Å². The van der Waals surface area contributed by atoms with E-state index in [2.05, 4.69) is 8.83 Å². The summed E-state index contributed by atoms with van der Waals surface area (Å²) in [6.45, 7) is 0. The second kappa shape index (κ2) is 2.86. The Hall–Kier alpha value is -2.90. The molecule has 3 aromatic rings. The van der Waals surface area contributed by atoms with Crippen LogP contribution in [0.4, 0.5) is 11.4 Å². The highest BCUT2D eigenvalue weighted by Crippen LogP contribution is 2.29. The molecule has 3 rings (SSSR count). The van der Waals surface area contributed by atoms with Crippen LogP contribution in [0.25, 0.3) is 21.5 Å². The van der Waals surface area contributed by atoms with Gasteiger partial charge in [-0.25, -0.2) is 19.2 Å². The molecule has 8 heteroatoms. The van der Waals surface area contributed by atoms with Gasteiger partial charge in [0.15, 0.2) is 0 Å². The summed E-state index contributed by atoms with van der Waals surface area (Å²) in [5.41, 5.74) is 6.51. The minimum absolute atomic E-state index is 0.303. The molecule has 0 saturated heterocycles. The summed E-state index contributed by atoms with van der Waals surface area (Å²) in [5.74, 6) is 0. The number of hydrogen-bond acceptors (Lipinski definition) is 8. The number of benzene rings is 1. The summed E-state index contributed by atoms with van der Waals surface area (Å²) in [5, 5.41) is -1.21. The topological polar surface area (TPSA) is 147 Å². The Morgan fingerprint density at radius 3 is 1.00 bits per heavy atom. The van der Waals surface area contributed by atoms with Crippen LogP contribution in [-0.2, 0) is 0 Å². The maximum absolute atomic E-state index is 11.4. The number of anilines is 2. The van der Waals surface area contributed by atoms with E-state index in [0.717, 1.165) is 0 Å². The highest BCUT2D eigenvalue weighted by Gasteiger charge is 2.24. The van der Waals surface area contributed by atoms with Crippen molar-refractivity contribution in [2.24, 2.45) is 0 Å². The lowest BCUT2D eigenvalue weighted by Crippen LogP contribution is -2.05. The van der Waals surface area contributed by atoms with Gasteiger partial charge in [0.25, 0.3) is 0 Å². The molecular weight excluding hydrogens is 244 g/mol. The maximum atomic E-state index is 11.4. The standard InChI is InChI=1S/C10H4N2O6/c11-5-1-2(8(14)17-7(1)13)6(12)4-3(5)9(15)18-10(4)16/h11-12H2. The second-order valence-electron chi connectivity index (χ2n) is 3.68. The van der Waals surface area contributed by atoms with Crippen LogP contribution in [0.3, 0.4) is 0 Å². The van der Waals surface area contributed by atoms with Crippen LogP contribution in [0.1, 0.15) is 0 Å². The van der Waals surface area contributed by atoms with Gasteiger partial charge in [-0.2, -0.15) is 0 Å². The molecule has 0 amide bonds. The zero-order valence-electron chi connectivity index (χ0n) is 8.60.